The molecule has 0 spiro atoms. The molecule has 4 nitrogen and oxygen atoms in total. The lowest BCUT2D eigenvalue weighted by molar-refractivity contribution is 0.627. The van der Waals surface area contributed by atoms with Crippen molar-refractivity contribution < 1.29 is 17.6 Å². The zero-order chi connectivity index (χ0) is 52.2. The van der Waals surface area contributed by atoms with Crippen LogP contribution >= 0.6 is 0 Å². The summed E-state index contributed by atoms with van der Waals surface area (Å²) in [6, 6.07) is 72.1. The van der Waals surface area contributed by atoms with E-state index in [2.05, 4.69) is 132 Å². The summed E-state index contributed by atoms with van der Waals surface area (Å²) in [4.78, 5) is 8.79. The summed E-state index contributed by atoms with van der Waals surface area (Å²) in [5.74, 6) is -1.42. The molecule has 12 aromatic rings. The third kappa shape index (κ3) is 8.38. The molecule has 0 heterocycles. The molecule has 0 aliphatic rings. The number of benzene rings is 12. The SMILES string of the molecule is Cc1ccccc1N(c1ccc(F)cc1)c1cc(N(c2ccc(F)cc2)c2ccccc2C)c2ccc3c(N(c4ccc(F)cc4)c4ccccc4C)cc(N(c4ccc(F)cc4)c4ccccc4C)c4ccc1c2c43. The first-order valence-electron chi connectivity index (χ1n) is 25.3. The highest BCUT2D eigenvalue weighted by Gasteiger charge is 2.30. The van der Waals surface area contributed by atoms with E-state index < -0.39 is 0 Å². The Hall–Kier alpha value is -9.40. The molecule has 0 aliphatic carbocycles. The van der Waals surface area contributed by atoms with E-state index in [0.717, 1.165) is 123 Å². The van der Waals surface area contributed by atoms with Gasteiger partial charge in [0, 0.05) is 77.8 Å². The number of halogens is 4. The molecule has 0 unspecified atom stereocenters. The van der Waals surface area contributed by atoms with Crippen LogP contribution in [0, 0.1) is 51.0 Å². The molecule has 0 saturated heterocycles. The summed E-state index contributed by atoms with van der Waals surface area (Å²) in [6.07, 6.45) is 0. The number of hydrogen-bond acceptors (Lipinski definition) is 4. The Morgan fingerprint density at radius 3 is 0.618 bits per heavy atom. The average Bonchev–Trinajstić information content (AvgIpc) is 3.63. The monoisotopic (exact) mass is 998 g/mol. The minimum absolute atomic E-state index is 0.356. The zero-order valence-electron chi connectivity index (χ0n) is 42.2. The molecule has 76 heavy (non-hydrogen) atoms. The van der Waals surface area contributed by atoms with Gasteiger partial charge in [-0.3, -0.25) is 0 Å². The second kappa shape index (κ2) is 19.5. The largest absolute Gasteiger partial charge is 0.310 e. The van der Waals surface area contributed by atoms with Crippen LogP contribution in [0.15, 0.2) is 231 Å². The smallest absolute Gasteiger partial charge is 0.123 e. The molecule has 0 bridgehead atoms. The van der Waals surface area contributed by atoms with E-state index in [4.69, 9.17) is 0 Å². The molecule has 0 aliphatic heterocycles. The number of rotatable bonds is 12. The first-order chi connectivity index (χ1) is 37.0. The first-order valence-corrected chi connectivity index (χ1v) is 25.3. The van der Waals surface area contributed by atoms with Gasteiger partial charge in [-0.05, 0) is 183 Å². The second-order valence-electron chi connectivity index (χ2n) is 19.3. The molecule has 0 radical (unpaired) electrons. The molecular weight excluding hydrogens is 949 g/mol. The Balaban J connectivity index is 1.31. The van der Waals surface area contributed by atoms with Gasteiger partial charge in [0.05, 0.1) is 22.7 Å². The minimum atomic E-state index is -0.356. The fourth-order valence-corrected chi connectivity index (χ4v) is 10.9. The van der Waals surface area contributed by atoms with Gasteiger partial charge in [0.15, 0.2) is 0 Å². The van der Waals surface area contributed by atoms with Crippen molar-refractivity contribution in [2.45, 2.75) is 27.7 Å². The van der Waals surface area contributed by atoms with Crippen molar-refractivity contribution in [3.8, 4) is 0 Å². The summed E-state index contributed by atoms with van der Waals surface area (Å²) in [5.41, 5.74) is 13.8. The van der Waals surface area contributed by atoms with Crippen LogP contribution in [0.1, 0.15) is 22.3 Å². The van der Waals surface area contributed by atoms with Crippen molar-refractivity contribution in [2.24, 2.45) is 0 Å². The Kier molecular flexibility index (Phi) is 12.2. The molecule has 0 saturated carbocycles. The molecule has 0 amide bonds. The lowest BCUT2D eigenvalue weighted by Crippen LogP contribution is -2.17. The number of anilines is 12. The summed E-state index contributed by atoms with van der Waals surface area (Å²) in [5, 5.41) is 5.49. The van der Waals surface area contributed by atoms with Gasteiger partial charge in [-0.25, -0.2) is 17.6 Å². The standard InChI is InChI=1S/C68H50F4N4/c1-43-13-5-9-17-59(43)73(51-29-21-47(69)22-30-51)63-41-64(74(52-31-23-48(70)24-32-52)60-18-10-6-14-44(60)2)56-39-40-58-66(76(54-35-27-50(72)28-36-54)62-20-12-8-16-46(62)4)42-65(57-38-37-55(63)67(56)68(57)58)75(53-33-25-49(71)26-34-53)61-19-11-7-15-45(61)3/h5-42H,1-4H3. The molecule has 8 heteroatoms. The van der Waals surface area contributed by atoms with Gasteiger partial charge < -0.3 is 19.6 Å². The van der Waals surface area contributed by atoms with Crippen LogP contribution in [-0.4, -0.2) is 0 Å². The normalized spacial score (nSPS) is 11.4. The lowest BCUT2D eigenvalue weighted by Gasteiger charge is -2.35. The molecule has 0 aromatic heterocycles. The molecule has 0 fully saturated rings. The third-order valence-corrected chi connectivity index (χ3v) is 14.5. The van der Waals surface area contributed by atoms with Gasteiger partial charge in [0.1, 0.15) is 23.3 Å². The Morgan fingerprint density at radius 1 is 0.224 bits per heavy atom. The maximum Gasteiger partial charge on any atom is 0.123 e. The number of hydrogen-bond donors (Lipinski definition) is 0. The van der Waals surface area contributed by atoms with Gasteiger partial charge in [0.25, 0.3) is 0 Å². The topological polar surface area (TPSA) is 13.0 Å². The molecule has 12 rings (SSSR count). The highest BCUT2D eigenvalue weighted by Crippen LogP contribution is 2.55. The number of para-hydroxylation sites is 4. The van der Waals surface area contributed by atoms with Crippen LogP contribution in [0.5, 0.6) is 0 Å². The average molecular weight is 999 g/mol. The predicted molar refractivity (Wildman–Crippen MR) is 308 cm³/mol. The van der Waals surface area contributed by atoms with Crippen LogP contribution in [0.25, 0.3) is 32.3 Å². The number of nitrogens with zero attached hydrogens (tertiary/aromatic N) is 4. The van der Waals surface area contributed by atoms with Gasteiger partial charge in [-0.1, -0.05) is 97.1 Å². The van der Waals surface area contributed by atoms with Crippen molar-refractivity contribution in [1.29, 1.82) is 0 Å². The van der Waals surface area contributed by atoms with E-state index >= 15 is 17.6 Å². The Morgan fingerprint density at radius 2 is 0.421 bits per heavy atom. The Bertz CT molecular complexity index is 3580. The highest BCUT2D eigenvalue weighted by molar-refractivity contribution is 6.33. The van der Waals surface area contributed by atoms with E-state index in [-0.39, 0.29) is 23.3 Å². The molecule has 0 N–H and O–H groups in total. The number of aryl methyl sites for hydroxylation is 4. The van der Waals surface area contributed by atoms with Crippen molar-refractivity contribution in [2.75, 3.05) is 19.6 Å². The van der Waals surface area contributed by atoms with Crippen molar-refractivity contribution >= 4 is 101 Å². The Labute approximate surface area is 439 Å². The van der Waals surface area contributed by atoms with E-state index in [1.165, 1.54) is 48.5 Å². The van der Waals surface area contributed by atoms with E-state index in [1.54, 1.807) is 48.5 Å². The fourth-order valence-electron chi connectivity index (χ4n) is 10.9. The quantitative estimate of drug-likeness (QED) is 0.0893. The zero-order valence-corrected chi connectivity index (χ0v) is 42.2. The summed E-state index contributed by atoms with van der Waals surface area (Å²) < 4.78 is 60.2. The fraction of sp³-hybridized carbons (Fsp3) is 0.0588. The first kappa shape index (κ1) is 47.6. The van der Waals surface area contributed by atoms with Gasteiger partial charge in [-0.2, -0.15) is 0 Å². The van der Waals surface area contributed by atoms with Gasteiger partial charge >= 0.3 is 0 Å². The molecule has 12 aromatic carbocycles. The van der Waals surface area contributed by atoms with E-state index in [1.807, 2.05) is 48.5 Å². The summed E-state index contributed by atoms with van der Waals surface area (Å²) in [6.45, 7) is 8.30. The second-order valence-corrected chi connectivity index (χ2v) is 19.3. The van der Waals surface area contributed by atoms with Gasteiger partial charge in [0.2, 0.25) is 0 Å². The molecular formula is C68H50F4N4. The maximum absolute atomic E-state index is 15.1. The third-order valence-electron chi connectivity index (χ3n) is 14.5. The summed E-state index contributed by atoms with van der Waals surface area (Å²) >= 11 is 0. The van der Waals surface area contributed by atoms with Crippen LogP contribution in [-0.2, 0) is 0 Å². The van der Waals surface area contributed by atoms with Crippen molar-refractivity contribution in [1.82, 2.24) is 0 Å². The van der Waals surface area contributed by atoms with Crippen LogP contribution in [0.3, 0.4) is 0 Å². The van der Waals surface area contributed by atoms with Crippen molar-refractivity contribution in [3.05, 3.63) is 276 Å². The maximum atomic E-state index is 15.1. The molecule has 0 atom stereocenters. The van der Waals surface area contributed by atoms with E-state index in [0.29, 0.717) is 0 Å². The summed E-state index contributed by atoms with van der Waals surface area (Å²) in [7, 11) is 0. The van der Waals surface area contributed by atoms with Crippen LogP contribution in [0.2, 0.25) is 0 Å². The molecule has 370 valence electrons. The highest BCUT2D eigenvalue weighted by atomic mass is 19.1. The van der Waals surface area contributed by atoms with Crippen LogP contribution in [0.4, 0.5) is 85.8 Å². The van der Waals surface area contributed by atoms with E-state index in [9.17, 15) is 0 Å². The minimum Gasteiger partial charge on any atom is -0.310 e. The lowest BCUT2D eigenvalue weighted by atomic mass is 9.88. The van der Waals surface area contributed by atoms with Crippen LogP contribution < -0.4 is 19.6 Å². The van der Waals surface area contributed by atoms with Crippen molar-refractivity contribution in [3.63, 3.8) is 0 Å². The predicted octanol–water partition coefficient (Wildman–Crippen LogP) is 20.3. The van der Waals surface area contributed by atoms with Gasteiger partial charge in [-0.15, -0.1) is 0 Å².